The lowest BCUT2D eigenvalue weighted by Crippen LogP contribution is -2.12. The topological polar surface area (TPSA) is 9.23 Å². The van der Waals surface area contributed by atoms with Crippen molar-refractivity contribution in [3.8, 4) is 5.75 Å². The summed E-state index contributed by atoms with van der Waals surface area (Å²) in [4.78, 5) is 0. The molecule has 16 heavy (non-hydrogen) atoms. The Labute approximate surface area is 106 Å². The lowest BCUT2D eigenvalue weighted by molar-refractivity contribution is 0.260. The van der Waals surface area contributed by atoms with Crippen LogP contribution < -0.4 is 4.74 Å². The number of hydrogen-bond acceptors (Lipinski definition) is 1. The first kappa shape index (κ1) is 12.0. The van der Waals surface area contributed by atoms with Gasteiger partial charge in [0.2, 0.25) is 0 Å². The molecule has 0 spiro atoms. The summed E-state index contributed by atoms with van der Waals surface area (Å²) >= 11 is 3.52. The van der Waals surface area contributed by atoms with Gasteiger partial charge in [0.15, 0.2) is 0 Å². The minimum absolute atomic E-state index is 0.619. The Kier molecular flexibility index (Phi) is 4.28. The Bertz CT molecular complexity index is 345. The van der Waals surface area contributed by atoms with E-state index in [1.807, 2.05) is 0 Å². The van der Waals surface area contributed by atoms with Gasteiger partial charge in [-0.05, 0) is 48.9 Å². The van der Waals surface area contributed by atoms with Crippen LogP contribution in [0.2, 0.25) is 0 Å². The lowest BCUT2D eigenvalue weighted by atomic mass is 10.1. The summed E-state index contributed by atoms with van der Waals surface area (Å²) in [6.07, 6.45) is 4.94. The molecule has 1 atom stereocenters. The average molecular weight is 283 g/mol. The molecular weight excluding hydrogens is 264 g/mol. The predicted molar refractivity (Wildman–Crippen MR) is 71.5 cm³/mol. The van der Waals surface area contributed by atoms with Gasteiger partial charge in [0.05, 0.1) is 6.61 Å². The Morgan fingerprint density at radius 1 is 1.31 bits per heavy atom. The van der Waals surface area contributed by atoms with Crippen molar-refractivity contribution in [2.45, 2.75) is 32.6 Å². The molecule has 0 aliphatic heterocycles. The largest absolute Gasteiger partial charge is 0.493 e. The summed E-state index contributed by atoms with van der Waals surface area (Å²) < 4.78 is 5.85. The molecule has 2 heteroatoms. The first-order valence-electron chi connectivity index (χ1n) is 6.14. The van der Waals surface area contributed by atoms with Crippen LogP contribution in [-0.2, 0) is 12.8 Å². The Morgan fingerprint density at radius 2 is 2.12 bits per heavy atom. The van der Waals surface area contributed by atoms with Crippen LogP contribution in [0.1, 0.15) is 30.9 Å². The summed E-state index contributed by atoms with van der Waals surface area (Å²) in [5, 5.41) is 1.02. The molecule has 0 heterocycles. The van der Waals surface area contributed by atoms with E-state index in [1.165, 1.54) is 30.4 Å². The molecule has 0 radical (unpaired) electrons. The van der Waals surface area contributed by atoms with E-state index in [0.29, 0.717) is 5.92 Å². The summed E-state index contributed by atoms with van der Waals surface area (Å²) in [6, 6.07) is 6.57. The van der Waals surface area contributed by atoms with Gasteiger partial charge in [-0.1, -0.05) is 28.9 Å². The van der Waals surface area contributed by atoms with E-state index in [2.05, 4.69) is 41.1 Å². The molecule has 1 aliphatic rings. The van der Waals surface area contributed by atoms with Gasteiger partial charge in [0.25, 0.3) is 0 Å². The van der Waals surface area contributed by atoms with Crippen LogP contribution in [-0.4, -0.2) is 11.9 Å². The first-order chi connectivity index (χ1) is 7.83. The number of halogens is 1. The molecule has 0 bridgehead atoms. The average Bonchev–Trinajstić information content (AvgIpc) is 2.77. The van der Waals surface area contributed by atoms with E-state index in [1.54, 1.807) is 0 Å². The molecule has 0 saturated carbocycles. The zero-order valence-electron chi connectivity index (χ0n) is 9.84. The van der Waals surface area contributed by atoms with Gasteiger partial charge >= 0.3 is 0 Å². The summed E-state index contributed by atoms with van der Waals surface area (Å²) in [7, 11) is 0. The number of rotatable bonds is 5. The second kappa shape index (κ2) is 5.72. The standard InChI is InChI=1S/C14H19BrO/c1-2-11(9-15)10-16-14-7-6-12-4-3-5-13(12)8-14/h6-8,11H,2-5,9-10H2,1H3. The lowest BCUT2D eigenvalue weighted by Gasteiger charge is -2.13. The highest BCUT2D eigenvalue weighted by Gasteiger charge is 2.12. The van der Waals surface area contributed by atoms with Gasteiger partial charge in [-0.2, -0.15) is 0 Å². The summed E-state index contributed by atoms with van der Waals surface area (Å²) in [6.45, 7) is 3.03. The highest BCUT2D eigenvalue weighted by atomic mass is 79.9. The fraction of sp³-hybridized carbons (Fsp3) is 0.571. The molecule has 1 aromatic carbocycles. The normalized spacial score (nSPS) is 15.9. The molecule has 2 rings (SSSR count). The molecule has 0 aromatic heterocycles. The quantitative estimate of drug-likeness (QED) is 0.743. The second-order valence-corrected chi connectivity index (χ2v) is 5.17. The minimum atomic E-state index is 0.619. The smallest absolute Gasteiger partial charge is 0.119 e. The maximum atomic E-state index is 5.85. The third-order valence-electron chi connectivity index (χ3n) is 3.35. The number of fused-ring (bicyclic) bond motifs is 1. The van der Waals surface area contributed by atoms with E-state index in [9.17, 15) is 0 Å². The number of ether oxygens (including phenoxy) is 1. The van der Waals surface area contributed by atoms with E-state index in [0.717, 1.165) is 24.1 Å². The van der Waals surface area contributed by atoms with Crippen molar-refractivity contribution < 1.29 is 4.74 Å². The van der Waals surface area contributed by atoms with Crippen molar-refractivity contribution in [3.63, 3.8) is 0 Å². The monoisotopic (exact) mass is 282 g/mol. The third kappa shape index (κ3) is 2.79. The molecule has 0 amide bonds. The Balaban J connectivity index is 1.95. The van der Waals surface area contributed by atoms with Crippen LogP contribution >= 0.6 is 15.9 Å². The Hall–Kier alpha value is -0.500. The Morgan fingerprint density at radius 3 is 2.88 bits per heavy atom. The van der Waals surface area contributed by atoms with Gasteiger partial charge < -0.3 is 4.74 Å². The highest BCUT2D eigenvalue weighted by molar-refractivity contribution is 9.09. The molecule has 0 saturated heterocycles. The minimum Gasteiger partial charge on any atom is -0.493 e. The summed E-state index contributed by atoms with van der Waals surface area (Å²) in [5.74, 6) is 1.66. The van der Waals surface area contributed by atoms with E-state index >= 15 is 0 Å². The molecule has 0 fully saturated rings. The van der Waals surface area contributed by atoms with Gasteiger partial charge in [-0.3, -0.25) is 0 Å². The van der Waals surface area contributed by atoms with Crippen molar-refractivity contribution in [2.24, 2.45) is 5.92 Å². The van der Waals surface area contributed by atoms with Crippen LogP contribution in [0.4, 0.5) is 0 Å². The molecule has 88 valence electrons. The van der Waals surface area contributed by atoms with E-state index in [4.69, 9.17) is 4.74 Å². The molecule has 1 aliphatic carbocycles. The van der Waals surface area contributed by atoms with Gasteiger partial charge in [0.1, 0.15) is 5.75 Å². The van der Waals surface area contributed by atoms with E-state index < -0.39 is 0 Å². The number of hydrogen-bond donors (Lipinski definition) is 0. The second-order valence-electron chi connectivity index (χ2n) is 4.52. The van der Waals surface area contributed by atoms with Crippen LogP contribution in [0.25, 0.3) is 0 Å². The summed E-state index contributed by atoms with van der Waals surface area (Å²) in [5.41, 5.74) is 3.00. The van der Waals surface area contributed by atoms with Crippen molar-refractivity contribution in [1.82, 2.24) is 0 Å². The SMILES string of the molecule is CCC(CBr)COc1ccc2c(c1)CCC2. The first-order valence-corrected chi connectivity index (χ1v) is 7.26. The molecule has 1 unspecified atom stereocenters. The van der Waals surface area contributed by atoms with Crippen LogP contribution in [0, 0.1) is 5.92 Å². The van der Waals surface area contributed by atoms with E-state index in [-0.39, 0.29) is 0 Å². The maximum Gasteiger partial charge on any atom is 0.119 e. The fourth-order valence-corrected chi connectivity index (χ4v) is 2.77. The van der Waals surface area contributed by atoms with Crippen molar-refractivity contribution in [3.05, 3.63) is 29.3 Å². The zero-order chi connectivity index (χ0) is 11.4. The van der Waals surface area contributed by atoms with Crippen molar-refractivity contribution in [2.75, 3.05) is 11.9 Å². The van der Waals surface area contributed by atoms with Gasteiger partial charge in [0, 0.05) is 11.2 Å². The fourth-order valence-electron chi connectivity index (χ4n) is 2.12. The van der Waals surface area contributed by atoms with Crippen LogP contribution in [0.15, 0.2) is 18.2 Å². The number of benzene rings is 1. The van der Waals surface area contributed by atoms with Gasteiger partial charge in [-0.25, -0.2) is 0 Å². The van der Waals surface area contributed by atoms with Crippen LogP contribution in [0.3, 0.4) is 0 Å². The molecule has 1 aromatic rings. The highest BCUT2D eigenvalue weighted by Crippen LogP contribution is 2.26. The zero-order valence-corrected chi connectivity index (χ0v) is 11.4. The molecule has 1 nitrogen and oxygen atoms in total. The van der Waals surface area contributed by atoms with Crippen molar-refractivity contribution >= 4 is 15.9 Å². The number of aryl methyl sites for hydroxylation is 2. The van der Waals surface area contributed by atoms with Crippen molar-refractivity contribution in [1.29, 1.82) is 0 Å². The molecule has 0 N–H and O–H groups in total. The van der Waals surface area contributed by atoms with Gasteiger partial charge in [-0.15, -0.1) is 0 Å². The molecular formula is C14H19BrO. The third-order valence-corrected chi connectivity index (χ3v) is 4.27. The predicted octanol–water partition coefficient (Wildman–Crippen LogP) is 3.98. The maximum absolute atomic E-state index is 5.85. The number of alkyl halides is 1. The van der Waals surface area contributed by atoms with Crippen LogP contribution in [0.5, 0.6) is 5.75 Å².